The van der Waals surface area contributed by atoms with Crippen LogP contribution in [0, 0.1) is 0 Å². The molecular formula is C17H17NO. The zero-order valence-electron chi connectivity index (χ0n) is 11.3. The molecule has 3 rings (SSSR count). The Morgan fingerprint density at radius 1 is 1.00 bits per heavy atom. The molecular weight excluding hydrogens is 234 g/mol. The van der Waals surface area contributed by atoms with Crippen LogP contribution in [-0.4, -0.2) is 12.8 Å². The minimum Gasteiger partial charge on any atom is -0.486 e. The number of fused-ring (bicyclic) bond motifs is 1. The Labute approximate surface area is 113 Å². The molecule has 0 fully saturated rings. The number of aliphatic imine (C=N–C) groups is 1. The van der Waals surface area contributed by atoms with Gasteiger partial charge in [0.25, 0.3) is 0 Å². The van der Waals surface area contributed by atoms with Gasteiger partial charge in [-0.1, -0.05) is 44.2 Å². The van der Waals surface area contributed by atoms with E-state index < -0.39 is 0 Å². The number of hydrogen-bond acceptors (Lipinski definition) is 2. The van der Waals surface area contributed by atoms with E-state index >= 15 is 0 Å². The summed E-state index contributed by atoms with van der Waals surface area (Å²) in [5.41, 5.74) is 4.66. The Kier molecular flexibility index (Phi) is 3.08. The van der Waals surface area contributed by atoms with Crippen molar-refractivity contribution in [3.8, 4) is 16.9 Å². The average molecular weight is 251 g/mol. The van der Waals surface area contributed by atoms with Crippen LogP contribution in [0.5, 0.6) is 5.75 Å². The Bertz CT molecular complexity index is 612. The summed E-state index contributed by atoms with van der Waals surface area (Å²) < 4.78 is 5.60. The molecule has 0 amide bonds. The molecule has 1 aliphatic rings. The minimum absolute atomic E-state index is 0.558. The van der Waals surface area contributed by atoms with Gasteiger partial charge in [0.15, 0.2) is 0 Å². The molecule has 2 heteroatoms. The van der Waals surface area contributed by atoms with Crippen molar-refractivity contribution in [3.63, 3.8) is 0 Å². The summed E-state index contributed by atoms with van der Waals surface area (Å²) >= 11 is 0. The predicted octanol–water partition coefficient (Wildman–Crippen LogP) is 4.57. The van der Waals surface area contributed by atoms with Crippen LogP contribution in [0.4, 0.5) is 5.69 Å². The Balaban J connectivity index is 1.96. The number of rotatable bonds is 2. The van der Waals surface area contributed by atoms with E-state index in [2.05, 4.69) is 55.2 Å². The first-order valence-electron chi connectivity index (χ1n) is 6.64. The number of benzene rings is 2. The van der Waals surface area contributed by atoms with Gasteiger partial charge in [-0.3, -0.25) is 4.99 Å². The molecule has 0 saturated heterocycles. The van der Waals surface area contributed by atoms with Gasteiger partial charge in [0.1, 0.15) is 18.0 Å². The fourth-order valence-electron chi connectivity index (χ4n) is 2.24. The summed E-state index contributed by atoms with van der Waals surface area (Å²) in [5.74, 6) is 1.43. The largest absolute Gasteiger partial charge is 0.486 e. The van der Waals surface area contributed by atoms with Gasteiger partial charge in [-0.2, -0.15) is 0 Å². The summed E-state index contributed by atoms with van der Waals surface area (Å²) in [4.78, 5) is 4.32. The van der Waals surface area contributed by atoms with E-state index in [1.807, 2.05) is 6.07 Å². The summed E-state index contributed by atoms with van der Waals surface area (Å²) in [6.07, 6.45) is 1.79. The first-order chi connectivity index (χ1) is 9.24. The molecule has 0 radical (unpaired) electrons. The van der Waals surface area contributed by atoms with Crippen molar-refractivity contribution < 1.29 is 4.74 Å². The third-order valence-corrected chi connectivity index (χ3v) is 3.41. The van der Waals surface area contributed by atoms with Gasteiger partial charge < -0.3 is 4.74 Å². The van der Waals surface area contributed by atoms with Crippen LogP contribution in [-0.2, 0) is 0 Å². The van der Waals surface area contributed by atoms with E-state index in [0.29, 0.717) is 12.5 Å². The fourth-order valence-corrected chi connectivity index (χ4v) is 2.24. The Morgan fingerprint density at radius 3 is 2.47 bits per heavy atom. The molecule has 2 aromatic rings. The molecule has 0 aliphatic carbocycles. The summed E-state index contributed by atoms with van der Waals surface area (Å²) in [5, 5.41) is 0. The van der Waals surface area contributed by atoms with Crippen molar-refractivity contribution in [2.75, 3.05) is 6.61 Å². The number of hydrogen-bond donors (Lipinski definition) is 0. The van der Waals surface area contributed by atoms with Crippen molar-refractivity contribution in [3.05, 3.63) is 48.0 Å². The lowest BCUT2D eigenvalue weighted by molar-refractivity contribution is 0.377. The van der Waals surface area contributed by atoms with Crippen LogP contribution in [0.15, 0.2) is 47.5 Å². The van der Waals surface area contributed by atoms with Crippen molar-refractivity contribution >= 4 is 11.9 Å². The first-order valence-corrected chi connectivity index (χ1v) is 6.64. The maximum Gasteiger partial charge on any atom is 0.146 e. The van der Waals surface area contributed by atoms with E-state index in [0.717, 1.165) is 11.4 Å². The molecule has 2 aromatic carbocycles. The lowest BCUT2D eigenvalue weighted by atomic mass is 9.98. The highest BCUT2D eigenvalue weighted by molar-refractivity contribution is 5.75. The highest BCUT2D eigenvalue weighted by atomic mass is 16.5. The van der Waals surface area contributed by atoms with E-state index in [9.17, 15) is 0 Å². The van der Waals surface area contributed by atoms with Crippen LogP contribution in [0.1, 0.15) is 25.3 Å². The van der Waals surface area contributed by atoms with Gasteiger partial charge in [0.2, 0.25) is 0 Å². The van der Waals surface area contributed by atoms with Gasteiger partial charge in [-0.15, -0.1) is 0 Å². The molecule has 96 valence electrons. The van der Waals surface area contributed by atoms with E-state index in [-0.39, 0.29) is 0 Å². The van der Waals surface area contributed by atoms with Gasteiger partial charge >= 0.3 is 0 Å². The van der Waals surface area contributed by atoms with E-state index in [4.69, 9.17) is 4.74 Å². The predicted molar refractivity (Wildman–Crippen MR) is 79.6 cm³/mol. The maximum absolute atomic E-state index is 5.60. The molecule has 0 bridgehead atoms. The van der Waals surface area contributed by atoms with Crippen molar-refractivity contribution in [1.82, 2.24) is 0 Å². The van der Waals surface area contributed by atoms with Crippen LogP contribution >= 0.6 is 0 Å². The summed E-state index contributed by atoms with van der Waals surface area (Å²) in [6.45, 7) is 4.97. The standard InChI is InChI=1S/C17H17NO/c1-12(2)13-3-5-14(6-4-13)15-7-8-16-17(11-15)19-10-9-18-16/h3-9,11-12H,10H2,1-2H3. The van der Waals surface area contributed by atoms with Crippen molar-refractivity contribution in [2.24, 2.45) is 4.99 Å². The third kappa shape index (κ3) is 2.39. The van der Waals surface area contributed by atoms with Crippen LogP contribution in [0.3, 0.4) is 0 Å². The second-order valence-electron chi connectivity index (χ2n) is 5.08. The average Bonchev–Trinajstić information content (AvgIpc) is 2.47. The lowest BCUT2D eigenvalue weighted by Crippen LogP contribution is -2.02. The highest BCUT2D eigenvalue weighted by Gasteiger charge is 2.08. The molecule has 19 heavy (non-hydrogen) atoms. The Morgan fingerprint density at radius 2 is 1.74 bits per heavy atom. The van der Waals surface area contributed by atoms with Crippen LogP contribution in [0.25, 0.3) is 11.1 Å². The molecule has 0 saturated carbocycles. The molecule has 0 N–H and O–H groups in total. The van der Waals surface area contributed by atoms with Crippen LogP contribution < -0.4 is 4.74 Å². The molecule has 0 unspecified atom stereocenters. The summed E-state index contributed by atoms with van der Waals surface area (Å²) in [7, 11) is 0. The van der Waals surface area contributed by atoms with Gasteiger partial charge in [0.05, 0.1) is 0 Å². The maximum atomic E-state index is 5.60. The molecule has 0 spiro atoms. The van der Waals surface area contributed by atoms with Crippen molar-refractivity contribution in [1.29, 1.82) is 0 Å². The van der Waals surface area contributed by atoms with Gasteiger partial charge in [0, 0.05) is 6.21 Å². The first kappa shape index (κ1) is 12.0. The zero-order valence-corrected chi connectivity index (χ0v) is 11.3. The summed E-state index contributed by atoms with van der Waals surface area (Å²) in [6, 6.07) is 14.9. The zero-order chi connectivity index (χ0) is 13.2. The lowest BCUT2D eigenvalue weighted by Gasteiger charge is -2.13. The topological polar surface area (TPSA) is 21.6 Å². The normalized spacial score (nSPS) is 13.2. The third-order valence-electron chi connectivity index (χ3n) is 3.41. The molecule has 2 nitrogen and oxygen atoms in total. The fraction of sp³-hybridized carbons (Fsp3) is 0.235. The number of nitrogens with zero attached hydrogens (tertiary/aromatic N) is 1. The second kappa shape index (κ2) is 4.88. The second-order valence-corrected chi connectivity index (χ2v) is 5.08. The SMILES string of the molecule is CC(C)c1ccc(-c2ccc3c(c2)OCC=N3)cc1. The van der Waals surface area contributed by atoms with E-state index in [1.54, 1.807) is 6.21 Å². The van der Waals surface area contributed by atoms with Gasteiger partial charge in [-0.05, 0) is 34.7 Å². The van der Waals surface area contributed by atoms with Gasteiger partial charge in [-0.25, -0.2) is 0 Å². The number of ether oxygens (including phenoxy) is 1. The molecule has 1 aliphatic heterocycles. The Hall–Kier alpha value is -2.09. The van der Waals surface area contributed by atoms with Crippen LogP contribution in [0.2, 0.25) is 0 Å². The highest BCUT2D eigenvalue weighted by Crippen LogP contribution is 2.34. The monoisotopic (exact) mass is 251 g/mol. The minimum atomic E-state index is 0.558. The quantitative estimate of drug-likeness (QED) is 0.766. The molecule has 0 aromatic heterocycles. The molecule has 1 heterocycles. The smallest absolute Gasteiger partial charge is 0.146 e. The molecule has 0 atom stereocenters. The van der Waals surface area contributed by atoms with Crippen molar-refractivity contribution in [2.45, 2.75) is 19.8 Å². The van der Waals surface area contributed by atoms with E-state index in [1.165, 1.54) is 16.7 Å².